The number of phenolic OH excluding ortho intramolecular Hbond substituents is 1. The van der Waals surface area contributed by atoms with E-state index in [4.69, 9.17) is 14.3 Å². The first-order valence-corrected chi connectivity index (χ1v) is 11.3. The molecule has 0 radical (unpaired) electrons. The summed E-state index contributed by atoms with van der Waals surface area (Å²) in [5.74, 6) is -1.11. The third-order valence-electron chi connectivity index (χ3n) is 6.06. The molecule has 34 heavy (non-hydrogen) atoms. The number of rotatable bonds is 5. The molecule has 1 N–H and O–H groups in total. The van der Waals surface area contributed by atoms with E-state index in [1.807, 2.05) is 30.3 Å². The van der Waals surface area contributed by atoms with Crippen LogP contribution in [0, 0.1) is 5.92 Å². The molecule has 2 amide bonds. The van der Waals surface area contributed by atoms with Gasteiger partial charge in [-0.15, -0.1) is 0 Å². The largest absolute Gasteiger partial charge is 0.503 e. The Bertz CT molecular complexity index is 1270. The Morgan fingerprint density at radius 1 is 0.912 bits per heavy atom. The SMILES string of the molecule is COc1ccccc1N1C(=O)[C@H]2[C@@H](ON(c3ccccc3)[C@H]2c2cc(Br)c(O)c(OC)c2)C1=O. The van der Waals surface area contributed by atoms with Crippen LogP contribution in [0.3, 0.4) is 0 Å². The van der Waals surface area contributed by atoms with Crippen LogP contribution in [0.5, 0.6) is 17.2 Å². The number of benzene rings is 3. The van der Waals surface area contributed by atoms with Crippen LogP contribution in [0.25, 0.3) is 0 Å². The van der Waals surface area contributed by atoms with Gasteiger partial charge in [0.1, 0.15) is 11.7 Å². The van der Waals surface area contributed by atoms with Crippen molar-refractivity contribution in [3.8, 4) is 17.2 Å². The van der Waals surface area contributed by atoms with Gasteiger partial charge in [0.2, 0.25) is 5.91 Å². The number of imide groups is 1. The van der Waals surface area contributed by atoms with E-state index in [1.165, 1.54) is 14.2 Å². The van der Waals surface area contributed by atoms with E-state index in [-0.39, 0.29) is 11.5 Å². The zero-order valence-electron chi connectivity index (χ0n) is 18.3. The number of hydroxylamine groups is 1. The summed E-state index contributed by atoms with van der Waals surface area (Å²) in [7, 11) is 2.93. The average Bonchev–Trinajstić information content (AvgIpc) is 3.37. The van der Waals surface area contributed by atoms with E-state index in [0.717, 1.165) is 4.90 Å². The zero-order valence-corrected chi connectivity index (χ0v) is 19.9. The van der Waals surface area contributed by atoms with Crippen LogP contribution in [-0.4, -0.2) is 37.2 Å². The summed E-state index contributed by atoms with van der Waals surface area (Å²) in [6.45, 7) is 0. The monoisotopic (exact) mass is 524 g/mol. The summed E-state index contributed by atoms with van der Waals surface area (Å²) in [6, 6.07) is 18.8. The van der Waals surface area contributed by atoms with Crippen LogP contribution in [0.2, 0.25) is 0 Å². The highest BCUT2D eigenvalue weighted by Crippen LogP contribution is 2.50. The Morgan fingerprint density at radius 3 is 2.29 bits per heavy atom. The average molecular weight is 525 g/mol. The number of carbonyl (C=O) groups excluding carboxylic acids is 2. The number of amides is 2. The summed E-state index contributed by atoms with van der Waals surface area (Å²) in [5, 5.41) is 11.9. The number of methoxy groups -OCH3 is 2. The highest BCUT2D eigenvalue weighted by atomic mass is 79.9. The Balaban J connectivity index is 1.64. The number of hydrogen-bond donors (Lipinski definition) is 1. The molecule has 2 aliphatic rings. The van der Waals surface area contributed by atoms with Crippen molar-refractivity contribution in [1.82, 2.24) is 0 Å². The van der Waals surface area contributed by atoms with Gasteiger partial charge in [0.05, 0.1) is 36.1 Å². The quantitative estimate of drug-likeness (QED) is 0.499. The highest BCUT2D eigenvalue weighted by Gasteiger charge is 2.60. The lowest BCUT2D eigenvalue weighted by Gasteiger charge is -2.29. The van der Waals surface area contributed by atoms with Crippen LogP contribution >= 0.6 is 15.9 Å². The molecule has 3 aromatic rings. The van der Waals surface area contributed by atoms with Gasteiger partial charge in [-0.3, -0.25) is 14.4 Å². The molecular formula is C25H21BrN2O6. The predicted octanol–water partition coefficient (Wildman–Crippen LogP) is 4.22. The van der Waals surface area contributed by atoms with Gasteiger partial charge in [-0.1, -0.05) is 30.3 Å². The number of aromatic hydroxyl groups is 1. The second-order valence-corrected chi connectivity index (χ2v) is 8.75. The second-order valence-electron chi connectivity index (χ2n) is 7.90. The number of nitrogens with zero attached hydrogens (tertiary/aromatic N) is 2. The van der Waals surface area contributed by atoms with Gasteiger partial charge in [0.15, 0.2) is 17.6 Å². The van der Waals surface area contributed by atoms with E-state index in [1.54, 1.807) is 41.5 Å². The number of ether oxygens (including phenoxy) is 2. The smallest absolute Gasteiger partial charge is 0.266 e. The molecule has 2 aliphatic heterocycles. The Hall–Kier alpha value is -3.56. The molecule has 8 nitrogen and oxygen atoms in total. The lowest BCUT2D eigenvalue weighted by molar-refractivity contribution is -0.126. The second kappa shape index (κ2) is 8.66. The maximum absolute atomic E-state index is 13.8. The van der Waals surface area contributed by atoms with Crippen LogP contribution in [0.4, 0.5) is 11.4 Å². The number of hydrogen-bond acceptors (Lipinski definition) is 7. The fourth-order valence-corrected chi connectivity index (χ4v) is 4.98. The summed E-state index contributed by atoms with van der Waals surface area (Å²) < 4.78 is 11.1. The first-order valence-electron chi connectivity index (χ1n) is 10.5. The van der Waals surface area contributed by atoms with Crippen molar-refractivity contribution in [2.45, 2.75) is 12.1 Å². The molecule has 9 heteroatoms. The summed E-state index contributed by atoms with van der Waals surface area (Å²) in [4.78, 5) is 34.6. The standard InChI is InChI=1S/C25H21BrN2O6/c1-32-18-11-7-6-10-17(18)27-24(30)20-21(14-12-16(26)22(29)19(13-14)33-2)28(34-23(20)25(27)31)15-8-4-3-5-9-15/h3-13,20-21,23,29H,1-2H3/t20-,21+,23-/m1/s1. The van der Waals surface area contributed by atoms with Gasteiger partial charge in [-0.25, -0.2) is 9.96 Å². The number of carbonyl (C=O) groups is 2. The van der Waals surface area contributed by atoms with Crippen molar-refractivity contribution in [3.63, 3.8) is 0 Å². The maximum Gasteiger partial charge on any atom is 0.266 e. The van der Waals surface area contributed by atoms with Crippen LogP contribution < -0.4 is 19.4 Å². The van der Waals surface area contributed by atoms with Gasteiger partial charge in [0.25, 0.3) is 5.91 Å². The van der Waals surface area contributed by atoms with E-state index in [2.05, 4.69) is 15.9 Å². The third-order valence-corrected chi connectivity index (χ3v) is 6.67. The molecule has 0 aromatic heterocycles. The zero-order chi connectivity index (χ0) is 24.0. The topological polar surface area (TPSA) is 88.5 Å². The van der Waals surface area contributed by atoms with Crippen molar-refractivity contribution in [2.24, 2.45) is 5.92 Å². The lowest BCUT2D eigenvalue weighted by atomic mass is 9.90. The van der Waals surface area contributed by atoms with Gasteiger partial charge in [-0.05, 0) is 57.9 Å². The maximum atomic E-state index is 13.8. The highest BCUT2D eigenvalue weighted by molar-refractivity contribution is 9.10. The van der Waals surface area contributed by atoms with Crippen molar-refractivity contribution in [2.75, 3.05) is 24.2 Å². The first kappa shape index (κ1) is 22.2. The minimum absolute atomic E-state index is 0.0579. The van der Waals surface area contributed by atoms with E-state index in [9.17, 15) is 14.7 Å². The van der Waals surface area contributed by atoms with Gasteiger partial charge < -0.3 is 14.6 Å². The third kappa shape index (κ3) is 3.39. The summed E-state index contributed by atoms with van der Waals surface area (Å²) in [6.07, 6.45) is -1.03. The van der Waals surface area contributed by atoms with E-state index >= 15 is 0 Å². The van der Waals surface area contributed by atoms with E-state index in [0.29, 0.717) is 27.2 Å². The molecule has 2 saturated heterocycles. The van der Waals surface area contributed by atoms with Gasteiger partial charge in [-0.2, -0.15) is 0 Å². The van der Waals surface area contributed by atoms with Crippen molar-refractivity contribution in [3.05, 3.63) is 76.8 Å². The number of phenols is 1. The minimum Gasteiger partial charge on any atom is -0.503 e. The molecular weight excluding hydrogens is 504 g/mol. The summed E-state index contributed by atoms with van der Waals surface area (Å²) >= 11 is 3.36. The summed E-state index contributed by atoms with van der Waals surface area (Å²) in [5.41, 5.74) is 1.70. The Morgan fingerprint density at radius 2 is 1.59 bits per heavy atom. The molecule has 0 bridgehead atoms. The molecule has 174 valence electrons. The number of anilines is 2. The lowest BCUT2D eigenvalue weighted by Crippen LogP contribution is -2.37. The number of halogens is 1. The Labute approximate surface area is 204 Å². The molecule has 3 aromatic carbocycles. The van der Waals surface area contributed by atoms with Crippen LogP contribution in [0.15, 0.2) is 71.2 Å². The molecule has 0 aliphatic carbocycles. The normalized spacial score (nSPS) is 21.7. The van der Waals surface area contributed by atoms with Crippen molar-refractivity contribution in [1.29, 1.82) is 0 Å². The minimum atomic E-state index is -1.03. The van der Waals surface area contributed by atoms with Gasteiger partial charge in [0, 0.05) is 0 Å². The number of para-hydroxylation sites is 3. The first-order chi connectivity index (χ1) is 16.5. The Kier molecular flexibility index (Phi) is 5.66. The molecule has 0 saturated carbocycles. The molecule has 0 unspecified atom stereocenters. The fraction of sp³-hybridized carbons (Fsp3) is 0.200. The number of fused-ring (bicyclic) bond motifs is 1. The fourth-order valence-electron chi connectivity index (χ4n) is 4.52. The van der Waals surface area contributed by atoms with Crippen LogP contribution in [0.1, 0.15) is 11.6 Å². The predicted molar refractivity (Wildman–Crippen MR) is 128 cm³/mol. The van der Waals surface area contributed by atoms with Crippen LogP contribution in [-0.2, 0) is 14.4 Å². The molecule has 2 heterocycles. The van der Waals surface area contributed by atoms with Gasteiger partial charge >= 0.3 is 0 Å². The molecule has 3 atom stereocenters. The molecule has 5 rings (SSSR count). The van der Waals surface area contributed by atoms with Crippen molar-refractivity contribution >= 4 is 39.1 Å². The molecule has 2 fully saturated rings. The molecule has 0 spiro atoms. The van der Waals surface area contributed by atoms with Crippen molar-refractivity contribution < 1.29 is 29.0 Å². The van der Waals surface area contributed by atoms with E-state index < -0.39 is 29.9 Å².